The van der Waals surface area contributed by atoms with E-state index >= 15 is 0 Å². The summed E-state index contributed by atoms with van der Waals surface area (Å²) < 4.78 is 5.32. The van der Waals surface area contributed by atoms with Gasteiger partial charge in [-0.3, -0.25) is 0 Å². The lowest BCUT2D eigenvalue weighted by Gasteiger charge is -2.14. The van der Waals surface area contributed by atoms with Crippen LogP contribution in [-0.4, -0.2) is 13.7 Å². The number of hydrogen-bond donors (Lipinski definition) is 1. The highest BCUT2D eigenvalue weighted by Crippen LogP contribution is 2.45. The fourth-order valence-electron chi connectivity index (χ4n) is 1.86. The third-order valence-electron chi connectivity index (χ3n) is 3.38. The number of nitrogens with zero attached hydrogens (tertiary/aromatic N) is 1. The minimum Gasteiger partial charge on any atom is -0.495 e. The van der Waals surface area contributed by atoms with Gasteiger partial charge in [0.05, 0.1) is 24.3 Å². The molecule has 0 heterocycles. The van der Waals surface area contributed by atoms with Gasteiger partial charge in [0, 0.05) is 6.54 Å². The second-order valence-electron chi connectivity index (χ2n) is 4.63. The number of aryl methyl sites for hydroxylation is 1. The highest BCUT2D eigenvalue weighted by Gasteiger charge is 2.42. The van der Waals surface area contributed by atoms with E-state index in [-0.39, 0.29) is 5.41 Å². The van der Waals surface area contributed by atoms with E-state index in [1.54, 1.807) is 7.11 Å². The lowest BCUT2D eigenvalue weighted by atomic mass is 10.1. The first kappa shape index (κ1) is 11.8. The average molecular weight is 230 g/mol. The largest absolute Gasteiger partial charge is 0.495 e. The van der Waals surface area contributed by atoms with Crippen LogP contribution in [0.3, 0.4) is 0 Å². The molecular formula is C14H18N2O. The number of nitrogens with one attached hydrogen (secondary N) is 1. The Morgan fingerprint density at radius 3 is 2.76 bits per heavy atom. The van der Waals surface area contributed by atoms with E-state index in [4.69, 9.17) is 10.00 Å². The minimum absolute atomic E-state index is 0.132. The van der Waals surface area contributed by atoms with Gasteiger partial charge in [0.15, 0.2) is 0 Å². The van der Waals surface area contributed by atoms with Crippen LogP contribution in [0.1, 0.15) is 25.3 Å². The standard InChI is InChI=1S/C14H18N2O/c1-3-11-4-5-13(17-2)12(8-11)16-10-14(9-15)6-7-14/h4-5,8,16H,3,6-7,10H2,1-2H3. The first-order valence-electron chi connectivity index (χ1n) is 6.05. The predicted molar refractivity (Wildman–Crippen MR) is 68.1 cm³/mol. The van der Waals surface area contributed by atoms with Gasteiger partial charge < -0.3 is 10.1 Å². The average Bonchev–Trinajstić information content (AvgIpc) is 3.16. The summed E-state index contributed by atoms with van der Waals surface area (Å²) in [6, 6.07) is 8.54. The summed E-state index contributed by atoms with van der Waals surface area (Å²) in [5, 5.41) is 12.4. The van der Waals surface area contributed by atoms with Crippen molar-refractivity contribution in [1.82, 2.24) is 0 Å². The molecule has 90 valence electrons. The van der Waals surface area contributed by atoms with E-state index in [0.29, 0.717) is 6.54 Å². The molecule has 1 fully saturated rings. The molecule has 1 aliphatic rings. The first-order chi connectivity index (χ1) is 8.23. The molecule has 1 saturated carbocycles. The molecule has 0 bridgehead atoms. The minimum atomic E-state index is -0.132. The zero-order valence-electron chi connectivity index (χ0n) is 10.4. The van der Waals surface area contributed by atoms with E-state index in [2.05, 4.69) is 30.4 Å². The highest BCUT2D eigenvalue weighted by atomic mass is 16.5. The molecule has 0 amide bonds. The third-order valence-corrected chi connectivity index (χ3v) is 3.38. The van der Waals surface area contributed by atoms with Gasteiger partial charge in [-0.25, -0.2) is 0 Å². The maximum Gasteiger partial charge on any atom is 0.141 e. The van der Waals surface area contributed by atoms with Crippen molar-refractivity contribution in [3.05, 3.63) is 23.8 Å². The monoisotopic (exact) mass is 230 g/mol. The molecule has 1 aromatic rings. The summed E-state index contributed by atoms with van der Waals surface area (Å²) in [7, 11) is 1.67. The second kappa shape index (κ2) is 4.67. The van der Waals surface area contributed by atoms with Crippen LogP contribution in [0.15, 0.2) is 18.2 Å². The molecule has 3 nitrogen and oxygen atoms in total. The van der Waals surface area contributed by atoms with Crippen molar-refractivity contribution in [2.45, 2.75) is 26.2 Å². The van der Waals surface area contributed by atoms with E-state index in [0.717, 1.165) is 30.7 Å². The number of anilines is 1. The highest BCUT2D eigenvalue weighted by molar-refractivity contribution is 5.58. The second-order valence-corrected chi connectivity index (χ2v) is 4.63. The number of ether oxygens (including phenoxy) is 1. The quantitative estimate of drug-likeness (QED) is 0.845. The maximum atomic E-state index is 9.04. The van der Waals surface area contributed by atoms with Crippen LogP contribution in [0, 0.1) is 16.7 Å². The molecular weight excluding hydrogens is 212 g/mol. The van der Waals surface area contributed by atoms with Crippen molar-refractivity contribution in [1.29, 1.82) is 5.26 Å². The van der Waals surface area contributed by atoms with Gasteiger partial charge in [-0.2, -0.15) is 5.26 Å². The summed E-state index contributed by atoms with van der Waals surface area (Å²) in [6.07, 6.45) is 3.01. The smallest absolute Gasteiger partial charge is 0.141 e. The Bertz CT molecular complexity index is 444. The van der Waals surface area contributed by atoms with Crippen molar-refractivity contribution in [2.75, 3.05) is 19.0 Å². The number of rotatable bonds is 5. The first-order valence-corrected chi connectivity index (χ1v) is 6.05. The SMILES string of the molecule is CCc1ccc(OC)c(NCC2(C#N)CC2)c1. The van der Waals surface area contributed by atoms with Gasteiger partial charge in [0.25, 0.3) is 0 Å². The predicted octanol–water partition coefficient (Wildman–Crippen LogP) is 2.97. The van der Waals surface area contributed by atoms with Crippen LogP contribution in [0.4, 0.5) is 5.69 Å². The summed E-state index contributed by atoms with van der Waals surface area (Å²) in [6.45, 7) is 2.84. The van der Waals surface area contributed by atoms with E-state index in [9.17, 15) is 0 Å². The van der Waals surface area contributed by atoms with Crippen LogP contribution in [0.25, 0.3) is 0 Å². The van der Waals surface area contributed by atoms with Crippen LogP contribution in [0.2, 0.25) is 0 Å². The Morgan fingerprint density at radius 2 is 2.24 bits per heavy atom. The van der Waals surface area contributed by atoms with Gasteiger partial charge in [0.1, 0.15) is 5.75 Å². The van der Waals surface area contributed by atoms with Crippen molar-refractivity contribution >= 4 is 5.69 Å². The Hall–Kier alpha value is -1.69. The molecule has 0 radical (unpaired) electrons. The summed E-state index contributed by atoms with van der Waals surface area (Å²) in [5.74, 6) is 0.843. The van der Waals surface area contributed by atoms with Gasteiger partial charge in [-0.15, -0.1) is 0 Å². The Balaban J connectivity index is 2.10. The third kappa shape index (κ3) is 2.52. The Morgan fingerprint density at radius 1 is 1.47 bits per heavy atom. The Labute approximate surface area is 102 Å². The number of benzene rings is 1. The summed E-state index contributed by atoms with van der Waals surface area (Å²) in [5.41, 5.74) is 2.14. The fraction of sp³-hybridized carbons (Fsp3) is 0.500. The van der Waals surface area contributed by atoms with Crippen molar-refractivity contribution in [3.63, 3.8) is 0 Å². The molecule has 1 aromatic carbocycles. The van der Waals surface area contributed by atoms with Crippen LogP contribution in [-0.2, 0) is 6.42 Å². The lowest BCUT2D eigenvalue weighted by molar-refractivity contribution is 0.416. The van der Waals surface area contributed by atoms with Crippen molar-refractivity contribution in [2.24, 2.45) is 5.41 Å². The lowest BCUT2D eigenvalue weighted by Crippen LogP contribution is -2.14. The van der Waals surface area contributed by atoms with Crippen LogP contribution < -0.4 is 10.1 Å². The number of methoxy groups -OCH3 is 1. The van der Waals surface area contributed by atoms with Crippen LogP contribution >= 0.6 is 0 Å². The van der Waals surface area contributed by atoms with Crippen molar-refractivity contribution in [3.8, 4) is 11.8 Å². The molecule has 0 aliphatic heterocycles. The molecule has 1 aliphatic carbocycles. The molecule has 0 aromatic heterocycles. The fourth-order valence-corrected chi connectivity index (χ4v) is 1.86. The van der Waals surface area contributed by atoms with E-state index in [1.165, 1.54) is 5.56 Å². The topological polar surface area (TPSA) is 45.0 Å². The van der Waals surface area contributed by atoms with Gasteiger partial charge in [-0.1, -0.05) is 13.0 Å². The Kier molecular flexibility index (Phi) is 3.23. The molecule has 0 unspecified atom stereocenters. The maximum absolute atomic E-state index is 9.04. The molecule has 3 heteroatoms. The van der Waals surface area contributed by atoms with Crippen LogP contribution in [0.5, 0.6) is 5.75 Å². The zero-order valence-corrected chi connectivity index (χ0v) is 10.4. The molecule has 0 atom stereocenters. The molecule has 1 N–H and O–H groups in total. The summed E-state index contributed by atoms with van der Waals surface area (Å²) >= 11 is 0. The molecule has 0 spiro atoms. The summed E-state index contributed by atoms with van der Waals surface area (Å²) in [4.78, 5) is 0. The zero-order chi connectivity index (χ0) is 12.3. The molecule has 0 saturated heterocycles. The van der Waals surface area contributed by atoms with E-state index < -0.39 is 0 Å². The van der Waals surface area contributed by atoms with Gasteiger partial charge in [-0.05, 0) is 37.0 Å². The number of nitriles is 1. The van der Waals surface area contributed by atoms with E-state index in [1.807, 2.05) is 6.07 Å². The normalized spacial score (nSPS) is 16.1. The van der Waals surface area contributed by atoms with Gasteiger partial charge in [0.2, 0.25) is 0 Å². The van der Waals surface area contributed by atoms with Gasteiger partial charge >= 0.3 is 0 Å². The molecule has 2 rings (SSSR count). The molecule has 17 heavy (non-hydrogen) atoms. The van der Waals surface area contributed by atoms with Crippen molar-refractivity contribution < 1.29 is 4.74 Å². The number of hydrogen-bond acceptors (Lipinski definition) is 3.